The SMILES string of the molecule is Cc1cccc(C2CC(=O)C2(C)C)c1C. The van der Waals surface area contributed by atoms with E-state index in [-0.39, 0.29) is 5.41 Å². The molecule has 80 valence electrons. The summed E-state index contributed by atoms with van der Waals surface area (Å²) in [6.07, 6.45) is 0.720. The van der Waals surface area contributed by atoms with E-state index in [0.29, 0.717) is 11.7 Å². The predicted octanol–water partition coefficient (Wildman–Crippen LogP) is 3.39. The summed E-state index contributed by atoms with van der Waals surface area (Å²) in [7, 11) is 0. The van der Waals surface area contributed by atoms with Gasteiger partial charge in [-0.2, -0.15) is 0 Å². The number of carbonyl (C=O) groups is 1. The van der Waals surface area contributed by atoms with Crippen LogP contribution in [0, 0.1) is 19.3 Å². The Hall–Kier alpha value is -1.11. The Balaban J connectivity index is 2.40. The number of rotatable bonds is 1. The standard InChI is InChI=1S/C14H18O/c1-9-6-5-7-11(10(9)2)12-8-13(15)14(12,3)4/h5-7,12H,8H2,1-4H3. The fourth-order valence-corrected chi connectivity index (χ4v) is 2.42. The Morgan fingerprint density at radius 3 is 2.47 bits per heavy atom. The van der Waals surface area contributed by atoms with Crippen LogP contribution in [0.4, 0.5) is 0 Å². The third kappa shape index (κ3) is 1.41. The van der Waals surface area contributed by atoms with Crippen LogP contribution < -0.4 is 0 Å². The van der Waals surface area contributed by atoms with Gasteiger partial charge in [0.15, 0.2) is 0 Å². The summed E-state index contributed by atoms with van der Waals surface area (Å²) in [4.78, 5) is 11.5. The molecule has 0 aromatic heterocycles. The van der Waals surface area contributed by atoms with Gasteiger partial charge in [-0.1, -0.05) is 32.0 Å². The van der Waals surface area contributed by atoms with Gasteiger partial charge in [-0.3, -0.25) is 4.79 Å². The lowest BCUT2D eigenvalue weighted by Gasteiger charge is -2.43. The first-order chi connectivity index (χ1) is 6.94. The highest BCUT2D eigenvalue weighted by Gasteiger charge is 2.48. The van der Waals surface area contributed by atoms with Crippen LogP contribution in [-0.4, -0.2) is 5.78 Å². The molecule has 0 saturated heterocycles. The van der Waals surface area contributed by atoms with Gasteiger partial charge in [-0.05, 0) is 30.5 Å². The van der Waals surface area contributed by atoms with Crippen LogP contribution in [0.1, 0.15) is 42.9 Å². The minimum atomic E-state index is -0.154. The second-order valence-electron chi connectivity index (χ2n) is 5.19. The fourth-order valence-electron chi connectivity index (χ4n) is 2.42. The molecule has 1 fully saturated rings. The molecule has 1 aromatic rings. The van der Waals surface area contributed by atoms with E-state index in [1.165, 1.54) is 16.7 Å². The molecule has 1 saturated carbocycles. The third-order valence-corrected chi connectivity index (χ3v) is 4.00. The van der Waals surface area contributed by atoms with E-state index in [0.717, 1.165) is 6.42 Å². The van der Waals surface area contributed by atoms with Crippen LogP contribution in [0.25, 0.3) is 0 Å². The van der Waals surface area contributed by atoms with Crippen molar-refractivity contribution in [1.29, 1.82) is 0 Å². The first-order valence-corrected chi connectivity index (χ1v) is 5.54. The molecule has 0 amide bonds. The zero-order chi connectivity index (χ0) is 11.2. The van der Waals surface area contributed by atoms with Gasteiger partial charge in [0.05, 0.1) is 0 Å². The summed E-state index contributed by atoms with van der Waals surface area (Å²) in [6, 6.07) is 6.39. The highest BCUT2D eigenvalue weighted by atomic mass is 16.1. The Morgan fingerprint density at radius 1 is 1.27 bits per heavy atom. The number of Topliss-reactive ketones (excluding diaryl/α,β-unsaturated/α-hetero) is 1. The van der Waals surface area contributed by atoms with Gasteiger partial charge in [0.2, 0.25) is 0 Å². The quantitative estimate of drug-likeness (QED) is 0.682. The molecule has 0 spiro atoms. The average Bonchev–Trinajstić information content (AvgIpc) is 2.19. The monoisotopic (exact) mass is 202 g/mol. The van der Waals surface area contributed by atoms with Crippen LogP contribution in [0.5, 0.6) is 0 Å². The minimum absolute atomic E-state index is 0.154. The highest BCUT2D eigenvalue weighted by molar-refractivity contribution is 5.92. The van der Waals surface area contributed by atoms with Crippen molar-refractivity contribution in [3.05, 3.63) is 34.9 Å². The van der Waals surface area contributed by atoms with Gasteiger partial charge in [0.1, 0.15) is 5.78 Å². The van der Waals surface area contributed by atoms with Crippen LogP contribution in [-0.2, 0) is 4.79 Å². The van der Waals surface area contributed by atoms with Gasteiger partial charge in [0, 0.05) is 17.8 Å². The van der Waals surface area contributed by atoms with E-state index in [1.54, 1.807) is 0 Å². The van der Waals surface area contributed by atoms with Gasteiger partial charge in [0.25, 0.3) is 0 Å². The van der Waals surface area contributed by atoms with Crippen molar-refractivity contribution in [2.75, 3.05) is 0 Å². The molecular weight excluding hydrogens is 184 g/mol. The van der Waals surface area contributed by atoms with Crippen molar-refractivity contribution in [3.8, 4) is 0 Å². The molecule has 1 aliphatic carbocycles. The molecule has 1 heteroatoms. The molecule has 0 radical (unpaired) electrons. The summed E-state index contributed by atoms with van der Waals surface area (Å²) in [5, 5.41) is 0. The number of hydrogen-bond acceptors (Lipinski definition) is 1. The summed E-state index contributed by atoms with van der Waals surface area (Å²) in [6.45, 7) is 8.41. The Morgan fingerprint density at radius 2 is 1.93 bits per heavy atom. The summed E-state index contributed by atoms with van der Waals surface area (Å²) < 4.78 is 0. The van der Waals surface area contributed by atoms with E-state index in [2.05, 4.69) is 45.9 Å². The van der Waals surface area contributed by atoms with Crippen molar-refractivity contribution in [3.63, 3.8) is 0 Å². The second-order valence-corrected chi connectivity index (χ2v) is 5.19. The highest BCUT2D eigenvalue weighted by Crippen LogP contribution is 2.50. The van der Waals surface area contributed by atoms with Crippen LogP contribution in [0.15, 0.2) is 18.2 Å². The fraction of sp³-hybridized carbons (Fsp3) is 0.500. The zero-order valence-electron chi connectivity index (χ0n) is 9.92. The number of aryl methyl sites for hydroxylation is 1. The smallest absolute Gasteiger partial charge is 0.139 e. The average molecular weight is 202 g/mol. The van der Waals surface area contributed by atoms with Crippen molar-refractivity contribution in [2.45, 2.75) is 40.0 Å². The van der Waals surface area contributed by atoms with Gasteiger partial charge in [-0.15, -0.1) is 0 Å². The number of hydrogen-bond donors (Lipinski definition) is 0. The summed E-state index contributed by atoms with van der Waals surface area (Å²) in [5.41, 5.74) is 3.88. The van der Waals surface area contributed by atoms with Crippen molar-refractivity contribution in [1.82, 2.24) is 0 Å². The molecule has 1 atom stereocenters. The van der Waals surface area contributed by atoms with Crippen molar-refractivity contribution < 1.29 is 4.79 Å². The van der Waals surface area contributed by atoms with Gasteiger partial charge >= 0.3 is 0 Å². The zero-order valence-corrected chi connectivity index (χ0v) is 9.92. The Kier molecular flexibility index (Phi) is 2.22. The molecular formula is C14H18O. The largest absolute Gasteiger partial charge is 0.299 e. The van der Waals surface area contributed by atoms with E-state index < -0.39 is 0 Å². The summed E-state index contributed by atoms with van der Waals surface area (Å²) in [5.74, 6) is 0.818. The lowest BCUT2D eigenvalue weighted by Crippen LogP contribution is -2.43. The first-order valence-electron chi connectivity index (χ1n) is 5.54. The molecule has 15 heavy (non-hydrogen) atoms. The minimum Gasteiger partial charge on any atom is -0.299 e. The molecule has 1 nitrogen and oxygen atoms in total. The van der Waals surface area contributed by atoms with E-state index in [4.69, 9.17) is 0 Å². The maximum absolute atomic E-state index is 11.5. The van der Waals surface area contributed by atoms with E-state index in [9.17, 15) is 4.79 Å². The third-order valence-electron chi connectivity index (χ3n) is 4.00. The van der Waals surface area contributed by atoms with Gasteiger partial charge < -0.3 is 0 Å². The lowest BCUT2D eigenvalue weighted by molar-refractivity contribution is -0.137. The first kappa shape index (κ1) is 10.4. The topological polar surface area (TPSA) is 17.1 Å². The maximum atomic E-state index is 11.5. The molecule has 0 heterocycles. The van der Waals surface area contributed by atoms with Crippen molar-refractivity contribution >= 4 is 5.78 Å². The van der Waals surface area contributed by atoms with Crippen molar-refractivity contribution in [2.24, 2.45) is 5.41 Å². The second kappa shape index (κ2) is 3.19. The molecule has 0 bridgehead atoms. The van der Waals surface area contributed by atoms with E-state index in [1.807, 2.05) is 0 Å². The maximum Gasteiger partial charge on any atom is 0.139 e. The number of benzene rings is 1. The lowest BCUT2D eigenvalue weighted by atomic mass is 9.58. The van der Waals surface area contributed by atoms with Crippen LogP contribution in [0.2, 0.25) is 0 Å². The normalized spacial score (nSPS) is 23.7. The van der Waals surface area contributed by atoms with Gasteiger partial charge in [-0.25, -0.2) is 0 Å². The summed E-state index contributed by atoms with van der Waals surface area (Å²) >= 11 is 0. The number of carbonyl (C=O) groups excluding carboxylic acids is 1. The Bertz CT molecular complexity index is 415. The molecule has 2 rings (SSSR count). The van der Waals surface area contributed by atoms with E-state index >= 15 is 0 Å². The van der Waals surface area contributed by atoms with Crippen LogP contribution in [0.3, 0.4) is 0 Å². The Labute approximate surface area is 91.5 Å². The predicted molar refractivity (Wildman–Crippen MR) is 62.1 cm³/mol. The molecule has 0 aliphatic heterocycles. The molecule has 1 aromatic carbocycles. The van der Waals surface area contributed by atoms with Crippen LogP contribution >= 0.6 is 0 Å². The molecule has 0 N–H and O–H groups in total. The molecule has 1 aliphatic rings. The molecule has 1 unspecified atom stereocenters. The number of ketones is 1.